The maximum atomic E-state index is 13.1. The van der Waals surface area contributed by atoms with Crippen LogP contribution >= 0.6 is 11.3 Å². The molecule has 3 aromatic rings. The Bertz CT molecular complexity index is 1380. The maximum absolute atomic E-state index is 13.1. The van der Waals surface area contributed by atoms with Gasteiger partial charge < -0.3 is 0 Å². The zero-order valence-electron chi connectivity index (χ0n) is 15.2. The molecule has 32 heavy (non-hydrogen) atoms. The molecule has 0 saturated heterocycles. The number of thiophene rings is 1. The van der Waals surface area contributed by atoms with Gasteiger partial charge in [0.25, 0.3) is 0 Å². The predicted octanol–water partition coefficient (Wildman–Crippen LogP) is 3.89. The van der Waals surface area contributed by atoms with Gasteiger partial charge in [0.1, 0.15) is 0 Å². The van der Waals surface area contributed by atoms with Crippen LogP contribution in [0.2, 0.25) is 0 Å². The van der Waals surface area contributed by atoms with Gasteiger partial charge in [-0.1, -0.05) is 0 Å². The molecule has 0 aliphatic carbocycles. The van der Waals surface area contributed by atoms with E-state index in [1.807, 2.05) is 0 Å². The van der Waals surface area contributed by atoms with Crippen molar-refractivity contribution < 1.29 is 43.2 Å². The van der Waals surface area contributed by atoms with Gasteiger partial charge in [-0.25, -0.2) is 0 Å². The van der Waals surface area contributed by atoms with Crippen LogP contribution in [0.4, 0.5) is 26.3 Å². The Balaban J connectivity index is 2.37. The number of halogens is 6. The normalized spacial score (nSPS) is 13.7. The van der Waals surface area contributed by atoms with Crippen molar-refractivity contribution in [2.24, 2.45) is 0 Å². The molecule has 0 amide bonds. The Morgan fingerprint density at radius 1 is 0.875 bits per heavy atom. The third kappa shape index (κ3) is 4.28. The van der Waals surface area contributed by atoms with Crippen molar-refractivity contribution in [2.45, 2.75) is 17.4 Å². The van der Waals surface area contributed by atoms with Gasteiger partial charge in [0, 0.05) is 0 Å². The number of sulfone groups is 2. The minimum atomic E-state index is -6.94. The van der Waals surface area contributed by atoms with Crippen molar-refractivity contribution in [1.29, 1.82) is 0 Å². The molecule has 0 aliphatic heterocycles. The molecule has 0 saturated carbocycles. The van der Waals surface area contributed by atoms with Crippen LogP contribution in [-0.2, 0) is 26.1 Å². The van der Waals surface area contributed by atoms with E-state index >= 15 is 0 Å². The molecule has 15 heteroatoms. The fraction of sp³-hybridized carbons (Fsp3) is 0.176. The molecular formula is C17H9F6O5S3Se-. The first kappa shape index (κ1) is 25.0. The molecular weight excluding hydrogens is 573 g/mol. The van der Waals surface area contributed by atoms with Gasteiger partial charge >= 0.3 is 187 Å². The van der Waals surface area contributed by atoms with E-state index in [4.69, 9.17) is 0 Å². The second-order valence-corrected chi connectivity index (χ2v) is 13.5. The zero-order chi connectivity index (χ0) is 24.1. The fourth-order valence-corrected chi connectivity index (χ4v) is 9.10. The number of hydrogen-bond donors (Lipinski definition) is 0. The monoisotopic (exact) mass is 583 g/mol. The molecule has 3 rings (SSSR count). The van der Waals surface area contributed by atoms with E-state index in [2.05, 4.69) is 0 Å². The van der Waals surface area contributed by atoms with E-state index in [1.165, 1.54) is 29.6 Å². The summed E-state index contributed by atoms with van der Waals surface area (Å²) in [6.07, 6.45) is -1.87. The standard InChI is InChI=1S/C17H9F6O5S3Se/c18-16(19,20)30(25,26)13(31(27,28)17(21,22)23)8-10-14(24)9-4-1-2-6-12(9)32-15(10)11-5-3-7-29-11/h1-7H,8H2/q-1. The SMILES string of the molecule is O=c1c(C[C-](S(=O)(=O)C(F)(F)F)S(=O)(=O)C(F)(F)F)c(-c2cccs2)[se]c2ccccc12. The molecule has 2 heterocycles. The second-order valence-electron chi connectivity index (χ2n) is 6.16. The van der Waals surface area contributed by atoms with Gasteiger partial charge in [-0.15, -0.1) is 0 Å². The molecule has 0 fully saturated rings. The Hall–Kier alpha value is -1.67. The summed E-state index contributed by atoms with van der Waals surface area (Å²) >= 11 is 0.196. The molecule has 1 aromatic carbocycles. The summed E-state index contributed by atoms with van der Waals surface area (Å²) in [7, 11) is -13.9. The van der Waals surface area contributed by atoms with Crippen LogP contribution in [0.1, 0.15) is 5.56 Å². The molecule has 174 valence electrons. The average molecular weight is 582 g/mol. The fourth-order valence-electron chi connectivity index (χ4n) is 2.68. The predicted molar refractivity (Wildman–Crippen MR) is 107 cm³/mol. The number of hydrogen-bond acceptors (Lipinski definition) is 6. The summed E-state index contributed by atoms with van der Waals surface area (Å²) in [6.45, 7) is 0. The first-order chi connectivity index (χ1) is 14.6. The van der Waals surface area contributed by atoms with Crippen LogP contribution in [-0.4, -0.2) is 42.4 Å². The summed E-state index contributed by atoms with van der Waals surface area (Å²) in [5, 5.41) is 1.49. The van der Waals surface area contributed by atoms with Crippen molar-refractivity contribution >= 4 is 55.2 Å². The van der Waals surface area contributed by atoms with E-state index in [-0.39, 0.29) is 9.82 Å². The second kappa shape index (κ2) is 8.28. The zero-order valence-corrected chi connectivity index (χ0v) is 19.4. The van der Waals surface area contributed by atoms with Gasteiger partial charge in [0.15, 0.2) is 0 Å². The quantitative estimate of drug-likeness (QED) is 0.259. The van der Waals surface area contributed by atoms with Crippen LogP contribution < -0.4 is 5.43 Å². The molecule has 0 aliphatic rings. The molecule has 0 N–H and O–H groups in total. The van der Waals surface area contributed by atoms with Crippen LogP contribution in [0.3, 0.4) is 0 Å². The van der Waals surface area contributed by atoms with Crippen molar-refractivity contribution in [3.63, 3.8) is 0 Å². The van der Waals surface area contributed by atoms with Gasteiger partial charge in [-0.3, -0.25) is 0 Å². The Morgan fingerprint density at radius 2 is 1.44 bits per heavy atom. The van der Waals surface area contributed by atoms with Crippen molar-refractivity contribution in [1.82, 2.24) is 0 Å². The first-order valence-corrected chi connectivity index (χ1v) is 13.7. The van der Waals surface area contributed by atoms with Crippen LogP contribution in [0.25, 0.3) is 19.0 Å². The topological polar surface area (TPSA) is 85.3 Å². The summed E-state index contributed by atoms with van der Waals surface area (Å²) in [6, 6.07) is 8.76. The van der Waals surface area contributed by atoms with E-state index in [1.54, 1.807) is 12.1 Å². The van der Waals surface area contributed by atoms with E-state index in [0.717, 1.165) is 11.3 Å². The minimum absolute atomic E-state index is 0.0171. The van der Waals surface area contributed by atoms with E-state index < -0.39 is 67.2 Å². The molecule has 0 spiro atoms. The molecule has 0 bridgehead atoms. The molecule has 5 nitrogen and oxygen atoms in total. The average Bonchev–Trinajstić information content (AvgIpc) is 3.19. The Morgan fingerprint density at radius 3 is 1.94 bits per heavy atom. The Kier molecular flexibility index (Phi) is 6.46. The summed E-state index contributed by atoms with van der Waals surface area (Å²) in [5.74, 6) is 0. The van der Waals surface area contributed by atoms with E-state index in [0.29, 0.717) is 9.14 Å². The number of fused-ring (bicyclic) bond motifs is 1. The van der Waals surface area contributed by atoms with Crippen molar-refractivity contribution in [3.05, 3.63) is 62.1 Å². The van der Waals surface area contributed by atoms with Crippen LogP contribution in [0.5, 0.6) is 0 Å². The summed E-state index contributed by atoms with van der Waals surface area (Å²) in [4.78, 5) is 13.3. The first-order valence-electron chi connectivity index (χ1n) is 8.16. The third-order valence-corrected chi connectivity index (χ3v) is 12.0. The van der Waals surface area contributed by atoms with Crippen molar-refractivity contribution in [3.8, 4) is 9.31 Å². The van der Waals surface area contributed by atoms with Gasteiger partial charge in [0.05, 0.1) is 0 Å². The number of benzene rings is 1. The van der Waals surface area contributed by atoms with E-state index in [9.17, 15) is 48.0 Å². The van der Waals surface area contributed by atoms with Gasteiger partial charge in [-0.05, 0) is 0 Å². The van der Waals surface area contributed by atoms with Crippen LogP contribution in [0.15, 0.2) is 46.6 Å². The molecule has 0 radical (unpaired) electrons. The summed E-state index contributed by atoms with van der Waals surface area (Å²) < 4.78 is 124. The number of alkyl halides is 6. The molecule has 0 atom stereocenters. The molecule has 2 aromatic heterocycles. The van der Waals surface area contributed by atoms with Gasteiger partial charge in [0.2, 0.25) is 0 Å². The number of rotatable bonds is 5. The third-order valence-electron chi connectivity index (χ3n) is 4.17. The van der Waals surface area contributed by atoms with Crippen molar-refractivity contribution in [2.75, 3.05) is 0 Å². The van der Waals surface area contributed by atoms with Crippen LogP contribution in [0, 0.1) is 4.58 Å². The molecule has 0 unspecified atom stereocenters. The Labute approximate surface area is 186 Å². The van der Waals surface area contributed by atoms with Gasteiger partial charge in [-0.2, -0.15) is 0 Å². The summed E-state index contributed by atoms with van der Waals surface area (Å²) in [5.41, 5.74) is -14.4.